The van der Waals surface area contributed by atoms with E-state index >= 15 is 0 Å². The summed E-state index contributed by atoms with van der Waals surface area (Å²) < 4.78 is 13.5. The molecule has 42 heavy (non-hydrogen) atoms. The second-order valence-electron chi connectivity index (χ2n) is 10.5. The molecule has 0 saturated heterocycles. The fourth-order valence-corrected chi connectivity index (χ4v) is 4.74. The number of hydrogen-bond acceptors (Lipinski definition) is 7. The predicted molar refractivity (Wildman–Crippen MR) is 164 cm³/mol. The SMILES string of the molecule is CCCOc1ccc(CNC(=O)[C@@H](C)N(C)C)cc1-c1nc2cc3ncn(Cc4ccccc4OC)c3cc2c(=O)[nH]1. The maximum Gasteiger partial charge on any atom is 0.259 e. The third-order valence-corrected chi connectivity index (χ3v) is 7.36. The number of nitrogens with zero attached hydrogens (tertiary/aromatic N) is 4. The quantitative estimate of drug-likeness (QED) is 0.243. The zero-order valence-electron chi connectivity index (χ0n) is 24.6. The first-order valence-electron chi connectivity index (χ1n) is 14.0. The lowest BCUT2D eigenvalue weighted by Crippen LogP contribution is -2.41. The minimum Gasteiger partial charge on any atom is -0.496 e. The number of aromatic amines is 1. The highest BCUT2D eigenvalue weighted by Gasteiger charge is 2.17. The lowest BCUT2D eigenvalue weighted by Gasteiger charge is -2.19. The Morgan fingerprint density at radius 3 is 2.67 bits per heavy atom. The van der Waals surface area contributed by atoms with E-state index in [1.807, 2.05) is 92.0 Å². The van der Waals surface area contributed by atoms with Crippen LogP contribution >= 0.6 is 0 Å². The van der Waals surface area contributed by atoms with Gasteiger partial charge in [0.2, 0.25) is 5.91 Å². The van der Waals surface area contributed by atoms with Crippen LogP contribution in [0.4, 0.5) is 0 Å². The van der Waals surface area contributed by atoms with Gasteiger partial charge in [0.15, 0.2) is 0 Å². The molecule has 0 fully saturated rings. The summed E-state index contributed by atoms with van der Waals surface area (Å²) in [6.07, 6.45) is 2.59. The van der Waals surface area contributed by atoms with Gasteiger partial charge in [-0.2, -0.15) is 0 Å². The average Bonchev–Trinajstić information content (AvgIpc) is 3.39. The number of H-pyrrole nitrogens is 1. The van der Waals surface area contributed by atoms with Crippen LogP contribution in [0.15, 0.2) is 65.7 Å². The highest BCUT2D eigenvalue weighted by atomic mass is 16.5. The fourth-order valence-electron chi connectivity index (χ4n) is 4.74. The number of ether oxygens (including phenoxy) is 2. The number of para-hydroxylation sites is 1. The molecule has 0 radical (unpaired) electrons. The molecule has 0 bridgehead atoms. The van der Waals surface area contributed by atoms with Crippen LogP contribution in [0.2, 0.25) is 0 Å². The molecule has 2 heterocycles. The first-order valence-corrected chi connectivity index (χ1v) is 14.0. The van der Waals surface area contributed by atoms with Gasteiger partial charge in [-0.15, -0.1) is 0 Å². The molecule has 0 aliphatic heterocycles. The predicted octanol–water partition coefficient (Wildman–Crippen LogP) is 4.35. The summed E-state index contributed by atoms with van der Waals surface area (Å²) in [6.45, 7) is 5.28. The van der Waals surface area contributed by atoms with Crippen molar-refractivity contribution in [2.45, 2.75) is 39.4 Å². The van der Waals surface area contributed by atoms with E-state index in [1.165, 1.54) is 0 Å². The molecule has 0 aliphatic rings. The number of likely N-dealkylation sites (N-methyl/N-ethyl adjacent to an activating group) is 1. The van der Waals surface area contributed by atoms with E-state index in [-0.39, 0.29) is 17.5 Å². The Morgan fingerprint density at radius 1 is 1.10 bits per heavy atom. The van der Waals surface area contributed by atoms with E-state index in [1.54, 1.807) is 13.4 Å². The van der Waals surface area contributed by atoms with Crippen LogP contribution < -0.4 is 20.3 Å². The third kappa shape index (κ3) is 5.99. The highest BCUT2D eigenvalue weighted by molar-refractivity contribution is 5.93. The first-order chi connectivity index (χ1) is 20.3. The molecule has 2 aromatic heterocycles. The van der Waals surface area contributed by atoms with E-state index in [0.29, 0.717) is 47.7 Å². The number of hydrogen-bond donors (Lipinski definition) is 2. The molecule has 10 heteroatoms. The van der Waals surface area contributed by atoms with Crippen LogP contribution in [0.3, 0.4) is 0 Å². The Bertz CT molecular complexity index is 1790. The van der Waals surface area contributed by atoms with Gasteiger partial charge in [0, 0.05) is 12.1 Å². The average molecular weight is 569 g/mol. The molecule has 5 rings (SSSR count). The number of benzene rings is 3. The number of imidazole rings is 1. The van der Waals surface area contributed by atoms with Crippen molar-refractivity contribution >= 4 is 27.8 Å². The van der Waals surface area contributed by atoms with Crippen LogP contribution in [0.5, 0.6) is 11.5 Å². The molecule has 1 amide bonds. The van der Waals surface area contributed by atoms with Crippen LogP contribution in [0.25, 0.3) is 33.3 Å². The van der Waals surface area contributed by atoms with Crippen molar-refractivity contribution in [2.75, 3.05) is 27.8 Å². The van der Waals surface area contributed by atoms with Crippen molar-refractivity contribution in [1.82, 2.24) is 29.7 Å². The number of rotatable bonds is 11. The molecular weight excluding hydrogens is 532 g/mol. The van der Waals surface area contributed by atoms with E-state index in [0.717, 1.165) is 34.3 Å². The van der Waals surface area contributed by atoms with E-state index < -0.39 is 0 Å². The van der Waals surface area contributed by atoms with Crippen LogP contribution in [0.1, 0.15) is 31.4 Å². The molecule has 218 valence electrons. The summed E-state index contributed by atoms with van der Waals surface area (Å²) in [7, 11) is 5.38. The van der Waals surface area contributed by atoms with Crippen LogP contribution in [-0.2, 0) is 17.9 Å². The third-order valence-electron chi connectivity index (χ3n) is 7.36. The number of fused-ring (bicyclic) bond motifs is 2. The Balaban J connectivity index is 1.51. The lowest BCUT2D eigenvalue weighted by molar-refractivity contribution is -0.125. The number of amides is 1. The number of nitrogens with one attached hydrogen (secondary N) is 2. The Hall–Kier alpha value is -4.70. The molecular formula is C32H36N6O4. The van der Waals surface area contributed by atoms with Crippen molar-refractivity contribution in [3.05, 3.63) is 82.4 Å². The van der Waals surface area contributed by atoms with Crippen molar-refractivity contribution in [1.29, 1.82) is 0 Å². The number of carbonyl (C=O) groups excluding carboxylic acids is 1. The molecule has 5 aromatic rings. The minimum atomic E-state index is -0.262. The molecule has 3 aromatic carbocycles. The van der Waals surface area contributed by atoms with Crippen LogP contribution in [0, 0.1) is 0 Å². The van der Waals surface area contributed by atoms with Gasteiger partial charge in [-0.1, -0.05) is 31.2 Å². The normalized spacial score (nSPS) is 12.1. The monoisotopic (exact) mass is 568 g/mol. The Morgan fingerprint density at radius 2 is 1.90 bits per heavy atom. The molecule has 0 unspecified atom stereocenters. The number of carbonyl (C=O) groups is 1. The smallest absolute Gasteiger partial charge is 0.259 e. The Labute approximate surface area is 244 Å². The summed E-state index contributed by atoms with van der Waals surface area (Å²) in [5.41, 5.74) is 4.35. The van der Waals surface area contributed by atoms with Gasteiger partial charge in [0.05, 0.1) is 60.1 Å². The second kappa shape index (κ2) is 12.4. The topological polar surface area (TPSA) is 114 Å². The molecule has 2 N–H and O–H groups in total. The number of aromatic nitrogens is 4. The van der Waals surface area contributed by atoms with Gasteiger partial charge in [-0.3, -0.25) is 14.5 Å². The maximum absolute atomic E-state index is 13.4. The summed E-state index contributed by atoms with van der Waals surface area (Å²) in [5, 5.41) is 3.44. The van der Waals surface area contributed by atoms with E-state index in [9.17, 15) is 9.59 Å². The maximum atomic E-state index is 13.4. The van der Waals surface area contributed by atoms with Gasteiger partial charge in [0.1, 0.15) is 17.3 Å². The van der Waals surface area contributed by atoms with Gasteiger partial charge >= 0.3 is 0 Å². The largest absolute Gasteiger partial charge is 0.496 e. The van der Waals surface area contributed by atoms with Crippen molar-refractivity contribution in [3.63, 3.8) is 0 Å². The summed E-state index contributed by atoms with van der Waals surface area (Å²) >= 11 is 0. The summed E-state index contributed by atoms with van der Waals surface area (Å²) in [4.78, 5) is 40.2. The van der Waals surface area contributed by atoms with Crippen molar-refractivity contribution in [2.24, 2.45) is 0 Å². The summed E-state index contributed by atoms with van der Waals surface area (Å²) in [5.74, 6) is 1.72. The molecule has 10 nitrogen and oxygen atoms in total. The summed E-state index contributed by atoms with van der Waals surface area (Å²) in [6, 6.07) is 16.9. The van der Waals surface area contributed by atoms with Gasteiger partial charge in [0.25, 0.3) is 5.56 Å². The van der Waals surface area contributed by atoms with Crippen molar-refractivity contribution in [3.8, 4) is 22.9 Å². The van der Waals surface area contributed by atoms with Gasteiger partial charge in [-0.05, 0) is 63.3 Å². The van der Waals surface area contributed by atoms with Gasteiger partial charge in [-0.25, -0.2) is 9.97 Å². The van der Waals surface area contributed by atoms with Gasteiger partial charge < -0.3 is 24.3 Å². The number of methoxy groups -OCH3 is 1. The van der Waals surface area contributed by atoms with E-state index in [2.05, 4.69) is 15.3 Å². The lowest BCUT2D eigenvalue weighted by atomic mass is 10.1. The zero-order chi connectivity index (χ0) is 29.8. The Kier molecular flexibility index (Phi) is 8.53. The standard InChI is InChI=1S/C32H36N6O4/c1-6-13-42-29-12-11-21(17-33-31(39)20(2)37(3)4)14-24(29)30-35-25-16-26-27(15-23(25)32(40)36-30)38(19-34-26)18-22-9-7-8-10-28(22)41-5/h7-12,14-16,19-20H,6,13,17-18H2,1-5H3,(H,33,39)(H,35,36,40)/t20-/m1/s1. The minimum absolute atomic E-state index is 0.0701. The molecule has 0 saturated carbocycles. The molecule has 0 aliphatic carbocycles. The van der Waals surface area contributed by atoms with E-state index in [4.69, 9.17) is 14.5 Å². The fraction of sp³-hybridized carbons (Fsp3) is 0.312. The molecule has 1 atom stereocenters. The van der Waals surface area contributed by atoms with Crippen LogP contribution in [-0.4, -0.2) is 64.2 Å². The second-order valence-corrected chi connectivity index (χ2v) is 10.5. The zero-order valence-corrected chi connectivity index (χ0v) is 24.6. The highest BCUT2D eigenvalue weighted by Crippen LogP contribution is 2.30. The molecule has 0 spiro atoms. The van der Waals surface area contributed by atoms with Crippen molar-refractivity contribution < 1.29 is 14.3 Å². The first kappa shape index (κ1) is 28.8.